The van der Waals surface area contributed by atoms with Gasteiger partial charge in [-0.1, -0.05) is 0 Å². The highest BCUT2D eigenvalue weighted by atomic mass is 16.3. The van der Waals surface area contributed by atoms with Gasteiger partial charge in [0.15, 0.2) is 0 Å². The summed E-state index contributed by atoms with van der Waals surface area (Å²) >= 11 is 0. The van der Waals surface area contributed by atoms with Crippen LogP contribution in [-0.2, 0) is 6.42 Å². The summed E-state index contributed by atoms with van der Waals surface area (Å²) in [4.78, 5) is 0. The molecule has 0 aliphatic heterocycles. The van der Waals surface area contributed by atoms with Crippen molar-refractivity contribution in [2.75, 3.05) is 7.05 Å². The van der Waals surface area contributed by atoms with Crippen LogP contribution in [0.25, 0.3) is 0 Å². The Morgan fingerprint density at radius 3 is 3.00 bits per heavy atom. The summed E-state index contributed by atoms with van der Waals surface area (Å²) in [5.41, 5.74) is 1.32. The van der Waals surface area contributed by atoms with Crippen LogP contribution < -0.4 is 5.32 Å². The first kappa shape index (κ1) is 8.82. The van der Waals surface area contributed by atoms with Crippen molar-refractivity contribution in [1.29, 1.82) is 0 Å². The molecule has 2 heteroatoms. The van der Waals surface area contributed by atoms with Crippen molar-refractivity contribution in [3.8, 4) is 0 Å². The van der Waals surface area contributed by atoms with Crippen molar-refractivity contribution in [1.82, 2.24) is 5.32 Å². The number of hydrogen-bond acceptors (Lipinski definition) is 2. The molecule has 1 atom stereocenters. The minimum absolute atomic E-state index is 0.717. The number of rotatable bonds is 5. The summed E-state index contributed by atoms with van der Waals surface area (Å²) in [6.07, 6.45) is 8.80. The molecule has 1 fully saturated rings. The van der Waals surface area contributed by atoms with Gasteiger partial charge in [-0.3, -0.25) is 0 Å². The predicted molar refractivity (Wildman–Crippen MR) is 52.6 cm³/mol. The molecule has 2 rings (SSSR count). The molecule has 1 aliphatic rings. The third-order valence-electron chi connectivity index (χ3n) is 2.89. The van der Waals surface area contributed by atoms with Gasteiger partial charge in [0.05, 0.1) is 12.5 Å². The van der Waals surface area contributed by atoms with Crippen molar-refractivity contribution in [2.45, 2.75) is 31.7 Å². The van der Waals surface area contributed by atoms with Gasteiger partial charge in [-0.25, -0.2) is 0 Å². The monoisotopic (exact) mass is 179 g/mol. The zero-order valence-corrected chi connectivity index (χ0v) is 8.12. The maximum atomic E-state index is 5.04. The van der Waals surface area contributed by atoms with E-state index in [1.54, 1.807) is 6.26 Å². The lowest BCUT2D eigenvalue weighted by atomic mass is 10.0. The van der Waals surface area contributed by atoms with E-state index in [9.17, 15) is 0 Å². The summed E-state index contributed by atoms with van der Waals surface area (Å²) in [5, 5.41) is 3.40. The fourth-order valence-corrected chi connectivity index (χ4v) is 1.87. The van der Waals surface area contributed by atoms with Crippen LogP contribution in [0.4, 0.5) is 0 Å². The van der Waals surface area contributed by atoms with E-state index in [1.807, 2.05) is 6.26 Å². The van der Waals surface area contributed by atoms with E-state index in [1.165, 1.54) is 24.8 Å². The normalized spacial score (nSPS) is 18.8. The zero-order chi connectivity index (χ0) is 9.10. The lowest BCUT2D eigenvalue weighted by molar-refractivity contribution is 0.469. The van der Waals surface area contributed by atoms with Gasteiger partial charge in [0, 0.05) is 6.04 Å². The van der Waals surface area contributed by atoms with E-state index in [-0.39, 0.29) is 0 Å². The summed E-state index contributed by atoms with van der Waals surface area (Å²) in [5.74, 6) is 0.942. The fourth-order valence-electron chi connectivity index (χ4n) is 1.87. The minimum Gasteiger partial charge on any atom is -0.472 e. The lowest BCUT2D eigenvalue weighted by Gasteiger charge is -2.13. The van der Waals surface area contributed by atoms with Crippen LogP contribution in [0, 0.1) is 5.92 Å². The Labute approximate surface area is 79.3 Å². The smallest absolute Gasteiger partial charge is 0.0934 e. The molecule has 1 aromatic heterocycles. The van der Waals surface area contributed by atoms with Gasteiger partial charge in [-0.15, -0.1) is 0 Å². The molecule has 1 unspecified atom stereocenters. The molecule has 0 spiro atoms. The first-order valence-corrected chi connectivity index (χ1v) is 5.08. The average molecular weight is 179 g/mol. The van der Waals surface area contributed by atoms with Gasteiger partial charge < -0.3 is 9.73 Å². The number of furan rings is 1. The molecule has 13 heavy (non-hydrogen) atoms. The van der Waals surface area contributed by atoms with Gasteiger partial charge in [0.25, 0.3) is 0 Å². The molecule has 0 aromatic carbocycles. The fraction of sp³-hybridized carbons (Fsp3) is 0.636. The van der Waals surface area contributed by atoms with Crippen molar-refractivity contribution in [2.24, 2.45) is 5.92 Å². The molecule has 1 aromatic rings. The van der Waals surface area contributed by atoms with Crippen molar-refractivity contribution in [3.05, 3.63) is 24.2 Å². The van der Waals surface area contributed by atoms with E-state index < -0.39 is 0 Å². The third kappa shape index (κ3) is 2.34. The van der Waals surface area contributed by atoms with Gasteiger partial charge in [-0.2, -0.15) is 0 Å². The highest BCUT2D eigenvalue weighted by Crippen LogP contribution is 2.34. The van der Waals surface area contributed by atoms with Crippen LogP contribution in [0.5, 0.6) is 0 Å². The molecular weight excluding hydrogens is 162 g/mol. The molecule has 0 amide bonds. The largest absolute Gasteiger partial charge is 0.472 e. The molecule has 0 saturated heterocycles. The molecule has 1 N–H and O–H groups in total. The Morgan fingerprint density at radius 2 is 2.46 bits per heavy atom. The summed E-state index contributed by atoms with van der Waals surface area (Å²) in [7, 11) is 2.07. The van der Waals surface area contributed by atoms with Gasteiger partial charge in [0.1, 0.15) is 0 Å². The quantitative estimate of drug-likeness (QED) is 0.749. The lowest BCUT2D eigenvalue weighted by Crippen LogP contribution is -2.27. The van der Waals surface area contributed by atoms with Crippen LogP contribution in [0.2, 0.25) is 0 Å². The molecular formula is C11H17NO. The molecule has 1 saturated carbocycles. The molecule has 2 nitrogen and oxygen atoms in total. The summed E-state index contributed by atoms with van der Waals surface area (Å²) < 4.78 is 5.04. The summed E-state index contributed by atoms with van der Waals surface area (Å²) in [6.45, 7) is 0. The second kappa shape index (κ2) is 3.97. The Bertz CT molecular complexity index is 239. The molecule has 0 bridgehead atoms. The van der Waals surface area contributed by atoms with E-state index in [0.29, 0.717) is 0 Å². The SMILES string of the molecule is CNC(CCc1ccoc1)C1CC1. The van der Waals surface area contributed by atoms with Crippen LogP contribution in [0.15, 0.2) is 23.0 Å². The predicted octanol–water partition coefficient (Wildman–Crippen LogP) is 2.21. The molecule has 0 radical (unpaired) electrons. The number of aryl methyl sites for hydroxylation is 1. The third-order valence-corrected chi connectivity index (χ3v) is 2.89. The average Bonchev–Trinajstić information content (AvgIpc) is 2.84. The van der Waals surface area contributed by atoms with Gasteiger partial charge in [-0.05, 0) is 50.3 Å². The summed E-state index contributed by atoms with van der Waals surface area (Å²) in [6, 6.07) is 2.77. The second-order valence-electron chi connectivity index (χ2n) is 3.90. The van der Waals surface area contributed by atoms with E-state index in [0.717, 1.165) is 18.4 Å². The first-order valence-electron chi connectivity index (χ1n) is 5.08. The maximum absolute atomic E-state index is 5.04. The van der Waals surface area contributed by atoms with Crippen LogP contribution in [0.3, 0.4) is 0 Å². The molecule has 1 aliphatic carbocycles. The highest BCUT2D eigenvalue weighted by Gasteiger charge is 2.29. The van der Waals surface area contributed by atoms with Gasteiger partial charge >= 0.3 is 0 Å². The van der Waals surface area contributed by atoms with Crippen molar-refractivity contribution < 1.29 is 4.42 Å². The van der Waals surface area contributed by atoms with Crippen LogP contribution in [-0.4, -0.2) is 13.1 Å². The van der Waals surface area contributed by atoms with Crippen molar-refractivity contribution >= 4 is 0 Å². The van der Waals surface area contributed by atoms with Crippen LogP contribution >= 0.6 is 0 Å². The second-order valence-corrected chi connectivity index (χ2v) is 3.90. The van der Waals surface area contributed by atoms with E-state index in [4.69, 9.17) is 4.42 Å². The molecule has 1 heterocycles. The number of hydrogen-bond donors (Lipinski definition) is 1. The highest BCUT2D eigenvalue weighted by molar-refractivity contribution is 5.06. The Balaban J connectivity index is 1.77. The molecule has 72 valence electrons. The minimum atomic E-state index is 0.717. The van der Waals surface area contributed by atoms with Crippen LogP contribution in [0.1, 0.15) is 24.8 Å². The first-order chi connectivity index (χ1) is 6.40. The van der Waals surface area contributed by atoms with Gasteiger partial charge in [0.2, 0.25) is 0 Å². The zero-order valence-electron chi connectivity index (χ0n) is 8.12. The van der Waals surface area contributed by atoms with E-state index >= 15 is 0 Å². The van der Waals surface area contributed by atoms with E-state index in [2.05, 4.69) is 18.4 Å². The maximum Gasteiger partial charge on any atom is 0.0934 e. The Morgan fingerprint density at radius 1 is 1.62 bits per heavy atom. The Hall–Kier alpha value is -0.760. The topological polar surface area (TPSA) is 25.2 Å². The van der Waals surface area contributed by atoms with Crippen molar-refractivity contribution in [3.63, 3.8) is 0 Å². The Kier molecular flexibility index (Phi) is 2.69. The number of nitrogens with one attached hydrogen (secondary N) is 1. The standard InChI is InChI=1S/C11H17NO/c1-12-11(10-3-4-10)5-2-9-6-7-13-8-9/h6-8,10-12H,2-5H2,1H3.